The van der Waals surface area contributed by atoms with Crippen molar-refractivity contribution in [2.75, 3.05) is 13.7 Å². The van der Waals surface area contributed by atoms with Crippen LogP contribution < -0.4 is 5.32 Å². The molecule has 6 unspecified atom stereocenters. The summed E-state index contributed by atoms with van der Waals surface area (Å²) < 4.78 is 4.60. The second-order valence-corrected chi connectivity index (χ2v) is 12.2. The molecule has 0 radical (unpaired) electrons. The monoisotopic (exact) mass is 445 g/mol. The highest BCUT2D eigenvalue weighted by molar-refractivity contribution is 5.81. The summed E-state index contributed by atoms with van der Waals surface area (Å²) in [6.45, 7) is 7.74. The summed E-state index contributed by atoms with van der Waals surface area (Å²) in [6.07, 6.45) is 17.0. The topological polar surface area (TPSA) is 55.4 Å². The van der Waals surface area contributed by atoms with Gasteiger partial charge in [0.25, 0.3) is 0 Å². The standard InChI is InChI=1S/C28H47NO3/c1-5-19-17-21-23-13-12-20(9-8-11-25(30)29-18-26(31)32-4)27(23,2)16-14-24(21)28(3)15-7-6-10-22(19)28/h19-24H,5-18H2,1-4H3,(H,29,30)/t19-,20?,21?,22?,23?,24-,27?,28?/m0/s1. The molecule has 4 fully saturated rings. The van der Waals surface area contributed by atoms with E-state index in [-0.39, 0.29) is 18.4 Å². The van der Waals surface area contributed by atoms with Gasteiger partial charge in [0.05, 0.1) is 7.11 Å². The minimum atomic E-state index is -0.381. The Bertz CT molecular complexity index is 692. The third-order valence-electron chi connectivity index (χ3n) is 11.1. The summed E-state index contributed by atoms with van der Waals surface area (Å²) in [7, 11) is 1.35. The first kappa shape index (κ1) is 24.1. The molecule has 32 heavy (non-hydrogen) atoms. The van der Waals surface area contributed by atoms with E-state index in [0.29, 0.717) is 17.3 Å². The smallest absolute Gasteiger partial charge is 0.325 e. The predicted octanol–water partition coefficient (Wildman–Crippen LogP) is 6.13. The van der Waals surface area contributed by atoms with Gasteiger partial charge in [0.15, 0.2) is 0 Å². The summed E-state index contributed by atoms with van der Waals surface area (Å²) in [5.74, 6) is 5.07. The second kappa shape index (κ2) is 9.66. The normalized spacial score (nSPS) is 43.0. The van der Waals surface area contributed by atoms with Gasteiger partial charge in [0, 0.05) is 6.42 Å². The molecular weight excluding hydrogens is 398 g/mol. The zero-order valence-electron chi connectivity index (χ0n) is 21.1. The van der Waals surface area contributed by atoms with Gasteiger partial charge < -0.3 is 10.1 Å². The lowest BCUT2D eigenvalue weighted by molar-refractivity contribution is -0.141. The van der Waals surface area contributed by atoms with Gasteiger partial charge in [-0.15, -0.1) is 0 Å². The first-order valence-electron chi connectivity index (χ1n) is 13.7. The fourth-order valence-corrected chi connectivity index (χ4v) is 9.44. The molecule has 0 spiro atoms. The molecule has 0 heterocycles. The maximum absolute atomic E-state index is 12.1. The van der Waals surface area contributed by atoms with Crippen molar-refractivity contribution in [1.82, 2.24) is 5.32 Å². The molecule has 0 aromatic rings. The number of methoxy groups -OCH3 is 1. The number of amides is 1. The Morgan fingerprint density at radius 3 is 2.50 bits per heavy atom. The highest BCUT2D eigenvalue weighted by atomic mass is 16.5. The van der Waals surface area contributed by atoms with Crippen LogP contribution in [0.2, 0.25) is 0 Å². The Kier molecular flexibility index (Phi) is 7.27. The quantitative estimate of drug-likeness (QED) is 0.480. The molecule has 182 valence electrons. The highest BCUT2D eigenvalue weighted by Crippen LogP contribution is 2.69. The van der Waals surface area contributed by atoms with Crippen LogP contribution in [0.15, 0.2) is 0 Å². The largest absolute Gasteiger partial charge is 0.468 e. The molecule has 4 nitrogen and oxygen atoms in total. The fourth-order valence-electron chi connectivity index (χ4n) is 9.44. The molecule has 0 bridgehead atoms. The van der Waals surface area contributed by atoms with Crippen LogP contribution in [-0.4, -0.2) is 25.5 Å². The molecule has 4 aliphatic rings. The van der Waals surface area contributed by atoms with E-state index in [1.807, 2.05) is 0 Å². The summed E-state index contributed by atoms with van der Waals surface area (Å²) in [4.78, 5) is 23.3. The number of carbonyl (C=O) groups excluding carboxylic acids is 2. The van der Waals surface area contributed by atoms with Crippen LogP contribution in [-0.2, 0) is 14.3 Å². The van der Waals surface area contributed by atoms with Gasteiger partial charge in [-0.05, 0) is 104 Å². The van der Waals surface area contributed by atoms with E-state index in [4.69, 9.17) is 0 Å². The van der Waals surface area contributed by atoms with Crippen molar-refractivity contribution in [2.45, 2.75) is 104 Å². The lowest BCUT2D eigenvalue weighted by atomic mass is 9.42. The summed E-state index contributed by atoms with van der Waals surface area (Å²) in [5.41, 5.74) is 1.07. The third kappa shape index (κ3) is 4.25. The van der Waals surface area contributed by atoms with Crippen LogP contribution >= 0.6 is 0 Å². The van der Waals surface area contributed by atoms with Gasteiger partial charge in [-0.25, -0.2) is 0 Å². The van der Waals surface area contributed by atoms with Crippen molar-refractivity contribution in [3.05, 3.63) is 0 Å². The molecule has 4 aliphatic carbocycles. The summed E-state index contributed by atoms with van der Waals surface area (Å²) in [5, 5.41) is 2.69. The van der Waals surface area contributed by atoms with E-state index in [1.165, 1.54) is 71.3 Å². The Morgan fingerprint density at radius 1 is 0.969 bits per heavy atom. The van der Waals surface area contributed by atoms with E-state index >= 15 is 0 Å². The SMILES string of the molecule is CC[C@H]1CC2C3CCC(CCCC(=O)NCC(=O)OC)C3(C)CC[C@@H]2C2(C)CCCCC12. The number of hydrogen-bond donors (Lipinski definition) is 1. The van der Waals surface area contributed by atoms with E-state index in [2.05, 4.69) is 30.8 Å². The highest BCUT2D eigenvalue weighted by Gasteiger charge is 2.60. The van der Waals surface area contributed by atoms with E-state index in [0.717, 1.165) is 48.3 Å². The van der Waals surface area contributed by atoms with Crippen molar-refractivity contribution in [3.63, 3.8) is 0 Å². The van der Waals surface area contributed by atoms with Crippen LogP contribution in [0.5, 0.6) is 0 Å². The molecule has 4 saturated carbocycles. The van der Waals surface area contributed by atoms with E-state index in [9.17, 15) is 9.59 Å². The molecule has 0 aromatic carbocycles. The molecule has 0 aliphatic heterocycles. The third-order valence-corrected chi connectivity index (χ3v) is 11.1. The first-order chi connectivity index (χ1) is 15.3. The number of carbonyl (C=O) groups is 2. The van der Waals surface area contributed by atoms with E-state index in [1.54, 1.807) is 0 Å². The van der Waals surface area contributed by atoms with Crippen molar-refractivity contribution in [3.8, 4) is 0 Å². The van der Waals surface area contributed by atoms with Crippen molar-refractivity contribution >= 4 is 11.9 Å². The number of esters is 1. The minimum absolute atomic E-state index is 0.0139. The van der Waals surface area contributed by atoms with Crippen LogP contribution in [0.4, 0.5) is 0 Å². The Morgan fingerprint density at radius 2 is 1.75 bits per heavy atom. The van der Waals surface area contributed by atoms with Crippen LogP contribution in [0.1, 0.15) is 104 Å². The minimum Gasteiger partial charge on any atom is -0.468 e. The van der Waals surface area contributed by atoms with Gasteiger partial charge >= 0.3 is 5.97 Å². The molecule has 0 saturated heterocycles. The van der Waals surface area contributed by atoms with Crippen LogP contribution in [0, 0.1) is 46.3 Å². The lowest BCUT2D eigenvalue weighted by Crippen LogP contribution is -2.55. The van der Waals surface area contributed by atoms with Crippen LogP contribution in [0.25, 0.3) is 0 Å². The lowest BCUT2D eigenvalue weighted by Gasteiger charge is -2.62. The summed E-state index contributed by atoms with van der Waals surface area (Å²) in [6, 6.07) is 0. The number of nitrogens with one attached hydrogen (secondary N) is 1. The number of ether oxygens (including phenoxy) is 1. The molecule has 0 aromatic heterocycles. The Hall–Kier alpha value is -1.06. The van der Waals surface area contributed by atoms with Crippen molar-refractivity contribution in [1.29, 1.82) is 0 Å². The van der Waals surface area contributed by atoms with Gasteiger partial charge in [-0.2, -0.15) is 0 Å². The summed E-state index contributed by atoms with van der Waals surface area (Å²) >= 11 is 0. The molecular formula is C28H47NO3. The van der Waals surface area contributed by atoms with Crippen LogP contribution in [0.3, 0.4) is 0 Å². The Balaban J connectivity index is 1.38. The molecule has 8 atom stereocenters. The second-order valence-electron chi connectivity index (χ2n) is 12.2. The average molecular weight is 446 g/mol. The zero-order chi connectivity index (χ0) is 22.9. The number of fused-ring (bicyclic) bond motifs is 5. The molecule has 4 heteroatoms. The van der Waals surface area contributed by atoms with Crippen molar-refractivity contribution < 1.29 is 14.3 Å². The van der Waals surface area contributed by atoms with Crippen molar-refractivity contribution in [2.24, 2.45) is 46.3 Å². The van der Waals surface area contributed by atoms with Gasteiger partial charge in [-0.1, -0.05) is 40.0 Å². The number of hydrogen-bond acceptors (Lipinski definition) is 3. The number of rotatable bonds is 7. The fraction of sp³-hybridized carbons (Fsp3) is 0.929. The maximum atomic E-state index is 12.1. The average Bonchev–Trinajstić information content (AvgIpc) is 3.13. The van der Waals surface area contributed by atoms with Gasteiger partial charge in [-0.3, -0.25) is 9.59 Å². The van der Waals surface area contributed by atoms with Gasteiger partial charge in [0.1, 0.15) is 6.54 Å². The Labute approximate surface area is 196 Å². The predicted molar refractivity (Wildman–Crippen MR) is 128 cm³/mol. The molecule has 1 amide bonds. The van der Waals surface area contributed by atoms with Gasteiger partial charge in [0.2, 0.25) is 5.91 Å². The zero-order valence-corrected chi connectivity index (χ0v) is 21.1. The first-order valence-corrected chi connectivity index (χ1v) is 13.7. The van der Waals surface area contributed by atoms with E-state index < -0.39 is 0 Å². The molecule has 4 rings (SSSR count). The molecule has 1 N–H and O–H groups in total. The maximum Gasteiger partial charge on any atom is 0.325 e.